The van der Waals surface area contributed by atoms with Crippen molar-refractivity contribution >= 4 is 43.6 Å². The molecule has 10 aromatic carbocycles. The van der Waals surface area contributed by atoms with Gasteiger partial charge in [-0.25, -0.2) is 0 Å². The number of hydrogen-bond donors (Lipinski definition) is 0. The minimum absolute atomic E-state index is 0.534. The monoisotopic (exact) mass is 964 g/mol. The van der Waals surface area contributed by atoms with Gasteiger partial charge in [0.15, 0.2) is 0 Å². The van der Waals surface area contributed by atoms with Crippen LogP contribution in [0.3, 0.4) is 0 Å². The maximum Gasteiger partial charge on any atom is 0.104 e. The van der Waals surface area contributed by atoms with Gasteiger partial charge >= 0.3 is 0 Å². The Morgan fingerprint density at radius 3 is 0.773 bits per heavy atom. The van der Waals surface area contributed by atoms with Gasteiger partial charge in [0.2, 0.25) is 0 Å². The van der Waals surface area contributed by atoms with E-state index in [9.17, 15) is 10.5 Å². The first kappa shape index (κ1) is 46.8. The van der Waals surface area contributed by atoms with Gasteiger partial charge in [-0.15, -0.1) is 0 Å². The highest BCUT2D eigenvalue weighted by molar-refractivity contribution is 6.13. The highest BCUT2D eigenvalue weighted by Gasteiger charge is 2.25. The molecule has 360 valence electrons. The summed E-state index contributed by atoms with van der Waals surface area (Å²) in [4.78, 5) is 0. The van der Waals surface area contributed by atoms with Crippen LogP contribution >= 0.6 is 0 Å². The molecule has 2 aromatic heterocycles. The summed E-state index contributed by atoms with van der Waals surface area (Å²) in [5.74, 6) is 0. The first-order valence-electron chi connectivity index (χ1n) is 25.8. The Morgan fingerprint density at radius 2 is 0.507 bits per heavy atom. The smallest absolute Gasteiger partial charge is 0.104 e. The number of rotatable bonds is 7. The third-order valence-electron chi connectivity index (χ3n) is 15.0. The Bertz CT molecular complexity index is 3940. The fourth-order valence-corrected chi connectivity index (χ4v) is 12.1. The zero-order valence-electron chi connectivity index (χ0n) is 44.0. The second-order valence-electron chi connectivity index (χ2n) is 21.3. The average molecular weight is 965 g/mol. The fourth-order valence-electron chi connectivity index (χ4n) is 12.1. The molecule has 0 saturated carbocycles. The van der Waals surface area contributed by atoms with E-state index in [1.54, 1.807) is 0 Å². The second kappa shape index (κ2) is 18.1. The first-order valence-corrected chi connectivity index (χ1v) is 25.8. The zero-order chi connectivity index (χ0) is 52.0. The van der Waals surface area contributed by atoms with E-state index >= 15 is 0 Å². The van der Waals surface area contributed by atoms with Crippen LogP contribution in [0, 0.1) is 85.0 Å². The molecule has 0 amide bonds. The van der Waals surface area contributed by atoms with Gasteiger partial charge in [0, 0.05) is 21.5 Å². The predicted octanol–water partition coefficient (Wildman–Crippen LogP) is 18.7. The molecule has 0 spiro atoms. The molecule has 75 heavy (non-hydrogen) atoms. The van der Waals surface area contributed by atoms with Crippen molar-refractivity contribution in [2.75, 3.05) is 0 Å². The summed E-state index contributed by atoms with van der Waals surface area (Å²) in [6.45, 7) is 19.3. The van der Waals surface area contributed by atoms with Gasteiger partial charge in [0.05, 0.1) is 45.1 Å². The Kier molecular flexibility index (Phi) is 11.3. The maximum absolute atomic E-state index is 12.1. The standard InChI is InChI=1S/C71H56N4/c1-41-18-42(2)24-55(23-41)51-10-14-61-62-15-11-52(56-25-43(3)19-44(4)26-56)34-67(62)74(66(61)33-51)70-37-60(59-31-49(9)22-50(32-59)39-72)38-71(65(70)40-73)75-68-35-53(57-27-45(5)20-46(6)28-57)12-16-63(68)64-17-13-54(36-69(64)75)58-29-47(7)21-48(8)30-58/h10-38H,1-9H3. The molecule has 0 aliphatic heterocycles. The SMILES string of the molecule is Cc1cc(C)cc(-c2ccc3c4ccc(-c5cc(C)cc(C)c5)cc4n(-c4cc(-c5cc(C)cc(C#N)c5)cc(-n5c6cc(-c7cc(C)cc(C)c7)ccc6c6ccc(-c7cc(C)cc(C)c7)cc65)c4C#N)c3c2)c1. The van der Waals surface area contributed by atoms with E-state index in [2.05, 4.69) is 240 Å². The van der Waals surface area contributed by atoms with Crippen molar-refractivity contribution in [1.29, 1.82) is 10.5 Å². The number of benzene rings is 10. The lowest BCUT2D eigenvalue weighted by atomic mass is 9.96. The third kappa shape index (κ3) is 8.36. The topological polar surface area (TPSA) is 57.4 Å². The lowest BCUT2D eigenvalue weighted by Crippen LogP contribution is -2.05. The van der Waals surface area contributed by atoms with Gasteiger partial charge in [-0.05, 0) is 172 Å². The van der Waals surface area contributed by atoms with Crippen molar-refractivity contribution in [2.24, 2.45) is 0 Å². The molecular formula is C71H56N4. The summed E-state index contributed by atoms with van der Waals surface area (Å²) in [5, 5.41) is 26.9. The molecule has 0 bridgehead atoms. The fraction of sp³-hybridized carbons (Fsp3) is 0.127. The van der Waals surface area contributed by atoms with Crippen LogP contribution in [0.1, 0.15) is 61.2 Å². The molecule has 0 radical (unpaired) electrons. The highest BCUT2D eigenvalue weighted by atomic mass is 15.0. The third-order valence-corrected chi connectivity index (χ3v) is 15.0. The van der Waals surface area contributed by atoms with Crippen molar-refractivity contribution in [1.82, 2.24) is 9.13 Å². The number of nitriles is 2. The predicted molar refractivity (Wildman–Crippen MR) is 314 cm³/mol. The van der Waals surface area contributed by atoms with Gasteiger partial charge in [-0.1, -0.05) is 172 Å². The van der Waals surface area contributed by atoms with Crippen LogP contribution in [0.5, 0.6) is 0 Å². The molecule has 0 aliphatic carbocycles. The van der Waals surface area contributed by atoms with Crippen LogP contribution in [0.25, 0.3) is 111 Å². The molecule has 4 heteroatoms. The van der Waals surface area contributed by atoms with Gasteiger partial charge < -0.3 is 9.13 Å². The van der Waals surface area contributed by atoms with E-state index in [1.807, 2.05) is 19.1 Å². The van der Waals surface area contributed by atoms with Crippen LogP contribution in [0.2, 0.25) is 0 Å². The molecule has 12 aromatic rings. The van der Waals surface area contributed by atoms with Crippen molar-refractivity contribution in [3.63, 3.8) is 0 Å². The van der Waals surface area contributed by atoms with Crippen LogP contribution < -0.4 is 0 Å². The minimum atomic E-state index is 0.534. The number of nitrogens with zero attached hydrogens (tertiary/aromatic N) is 4. The summed E-state index contributed by atoms with van der Waals surface area (Å²) < 4.78 is 4.68. The first-order chi connectivity index (χ1) is 36.2. The molecule has 0 fully saturated rings. The average Bonchev–Trinajstić information content (AvgIpc) is 3.90. The number of aryl methyl sites for hydroxylation is 9. The largest absolute Gasteiger partial charge is 0.308 e. The molecule has 12 rings (SSSR count). The molecule has 0 atom stereocenters. The van der Waals surface area contributed by atoms with Crippen LogP contribution in [0.4, 0.5) is 0 Å². The molecular weight excluding hydrogens is 909 g/mol. The van der Waals surface area contributed by atoms with E-state index in [0.29, 0.717) is 11.1 Å². The Morgan fingerprint density at radius 1 is 0.253 bits per heavy atom. The van der Waals surface area contributed by atoms with Crippen molar-refractivity contribution in [3.05, 3.63) is 237 Å². The van der Waals surface area contributed by atoms with E-state index in [1.165, 1.54) is 44.5 Å². The molecule has 4 nitrogen and oxygen atoms in total. The van der Waals surface area contributed by atoms with Gasteiger partial charge in [0.25, 0.3) is 0 Å². The Hall–Kier alpha value is -9.22. The zero-order valence-corrected chi connectivity index (χ0v) is 44.0. The molecule has 0 unspecified atom stereocenters. The molecule has 0 aliphatic rings. The second-order valence-corrected chi connectivity index (χ2v) is 21.3. The normalized spacial score (nSPS) is 11.5. The lowest BCUT2D eigenvalue weighted by Gasteiger charge is -2.19. The van der Waals surface area contributed by atoms with Gasteiger partial charge in [0.1, 0.15) is 11.6 Å². The minimum Gasteiger partial charge on any atom is -0.308 e. The summed E-state index contributed by atoms with van der Waals surface area (Å²) in [7, 11) is 0. The Balaban J connectivity index is 1.25. The molecule has 0 saturated heterocycles. The van der Waals surface area contributed by atoms with Crippen LogP contribution in [-0.2, 0) is 0 Å². The quantitative estimate of drug-likeness (QED) is 0.160. The van der Waals surface area contributed by atoms with Gasteiger partial charge in [-0.2, -0.15) is 10.5 Å². The van der Waals surface area contributed by atoms with Gasteiger partial charge in [-0.3, -0.25) is 0 Å². The summed E-state index contributed by atoms with van der Waals surface area (Å²) in [6, 6.07) is 69.8. The number of aromatic nitrogens is 2. The summed E-state index contributed by atoms with van der Waals surface area (Å²) in [6.07, 6.45) is 0. The summed E-state index contributed by atoms with van der Waals surface area (Å²) >= 11 is 0. The summed E-state index contributed by atoms with van der Waals surface area (Å²) in [5.41, 5.74) is 28.0. The van der Waals surface area contributed by atoms with E-state index < -0.39 is 0 Å². The molecule has 0 N–H and O–H groups in total. The van der Waals surface area contributed by atoms with E-state index in [4.69, 9.17) is 0 Å². The number of hydrogen-bond acceptors (Lipinski definition) is 2. The number of fused-ring (bicyclic) bond motifs is 6. The van der Waals surface area contributed by atoms with Crippen LogP contribution in [-0.4, -0.2) is 9.13 Å². The lowest BCUT2D eigenvalue weighted by molar-refractivity contribution is 1.12. The Labute approximate surface area is 439 Å². The molecule has 2 heterocycles. The maximum atomic E-state index is 12.1. The van der Waals surface area contributed by atoms with Crippen molar-refractivity contribution in [2.45, 2.75) is 62.3 Å². The van der Waals surface area contributed by atoms with E-state index in [-0.39, 0.29) is 0 Å². The van der Waals surface area contributed by atoms with Crippen LogP contribution in [0.15, 0.2) is 176 Å². The van der Waals surface area contributed by atoms with E-state index in [0.717, 1.165) is 116 Å². The van der Waals surface area contributed by atoms with Crippen molar-refractivity contribution < 1.29 is 0 Å². The highest BCUT2D eigenvalue weighted by Crippen LogP contribution is 2.44. The van der Waals surface area contributed by atoms with Crippen molar-refractivity contribution in [3.8, 4) is 79.1 Å².